The highest BCUT2D eigenvalue weighted by Gasteiger charge is 2.20. The molecule has 4 nitrogen and oxygen atoms in total. The van der Waals surface area contributed by atoms with Gasteiger partial charge < -0.3 is 10.1 Å². The van der Waals surface area contributed by atoms with E-state index in [1.807, 2.05) is 0 Å². The van der Waals surface area contributed by atoms with E-state index < -0.39 is 34.6 Å². The normalized spacial score (nSPS) is 10.8. The molecule has 1 heterocycles. The highest BCUT2D eigenvalue weighted by Crippen LogP contribution is 2.31. The van der Waals surface area contributed by atoms with E-state index in [1.165, 1.54) is 48.5 Å². The van der Waals surface area contributed by atoms with Crippen LogP contribution in [0.15, 0.2) is 65.5 Å². The van der Waals surface area contributed by atoms with Gasteiger partial charge in [-0.3, -0.25) is 4.79 Å². The third-order valence-corrected chi connectivity index (χ3v) is 3.84. The fraction of sp³-hybridized carbons (Fsp3) is 0.0526. The van der Waals surface area contributed by atoms with Gasteiger partial charge in [0.15, 0.2) is 0 Å². The molecule has 0 amide bonds. The molecular formula is C19H13F2NO3. The number of aromatic nitrogens is 1. The molecule has 0 spiro atoms. The molecule has 0 fully saturated rings. The molecule has 0 unspecified atom stereocenters. The van der Waals surface area contributed by atoms with E-state index in [1.54, 1.807) is 12.1 Å². The van der Waals surface area contributed by atoms with Crippen molar-refractivity contribution in [2.45, 2.75) is 5.92 Å². The van der Waals surface area contributed by atoms with Crippen LogP contribution in [0.25, 0.3) is 0 Å². The number of benzene rings is 2. The van der Waals surface area contributed by atoms with Crippen LogP contribution in [0.1, 0.15) is 33.1 Å². The molecule has 0 radical (unpaired) electrons. The summed E-state index contributed by atoms with van der Waals surface area (Å²) >= 11 is 0. The van der Waals surface area contributed by atoms with Gasteiger partial charge >= 0.3 is 5.97 Å². The molecule has 2 N–H and O–H groups in total. The van der Waals surface area contributed by atoms with Crippen molar-refractivity contribution in [1.29, 1.82) is 0 Å². The van der Waals surface area contributed by atoms with E-state index >= 15 is 0 Å². The van der Waals surface area contributed by atoms with Crippen LogP contribution in [-0.4, -0.2) is 16.1 Å². The Balaban J connectivity index is 2.20. The zero-order valence-corrected chi connectivity index (χ0v) is 12.9. The average Bonchev–Trinajstić information content (AvgIpc) is 2.55. The van der Waals surface area contributed by atoms with E-state index in [0.29, 0.717) is 16.8 Å². The summed E-state index contributed by atoms with van der Waals surface area (Å²) in [6, 6.07) is 14.1. The molecule has 0 atom stereocenters. The molecule has 126 valence electrons. The maximum atomic E-state index is 13.7. The molecule has 0 aliphatic rings. The number of hydrogen-bond acceptors (Lipinski definition) is 2. The summed E-state index contributed by atoms with van der Waals surface area (Å²) in [6.07, 6.45) is 0. The summed E-state index contributed by atoms with van der Waals surface area (Å²) in [5.41, 5.74) is 0.170. The molecule has 1 aromatic heterocycles. The molecule has 6 heteroatoms. The number of rotatable bonds is 4. The summed E-state index contributed by atoms with van der Waals surface area (Å²) in [4.78, 5) is 25.5. The van der Waals surface area contributed by atoms with Crippen LogP contribution in [0.4, 0.5) is 8.78 Å². The van der Waals surface area contributed by atoms with Gasteiger partial charge in [-0.05, 0) is 47.5 Å². The topological polar surface area (TPSA) is 70.2 Å². The first-order valence-corrected chi connectivity index (χ1v) is 7.43. The summed E-state index contributed by atoms with van der Waals surface area (Å²) in [5.74, 6) is -2.94. The van der Waals surface area contributed by atoms with Gasteiger partial charge in [0.25, 0.3) is 5.56 Å². The average molecular weight is 341 g/mol. The van der Waals surface area contributed by atoms with Crippen molar-refractivity contribution in [3.05, 3.63) is 105 Å². The Labute approximate surface area is 141 Å². The molecular weight excluding hydrogens is 328 g/mol. The molecule has 3 rings (SSSR count). The van der Waals surface area contributed by atoms with Crippen molar-refractivity contribution in [1.82, 2.24) is 4.98 Å². The van der Waals surface area contributed by atoms with E-state index in [0.717, 1.165) is 0 Å². The van der Waals surface area contributed by atoms with Crippen LogP contribution < -0.4 is 5.56 Å². The minimum Gasteiger partial charge on any atom is -0.477 e. The number of carboxylic acid groups (broad SMARTS) is 1. The van der Waals surface area contributed by atoms with Crippen LogP contribution in [0.2, 0.25) is 0 Å². The van der Waals surface area contributed by atoms with Crippen molar-refractivity contribution in [2.24, 2.45) is 0 Å². The second kappa shape index (κ2) is 6.68. The Hall–Kier alpha value is -3.28. The smallest absolute Gasteiger partial charge is 0.341 e. The zero-order chi connectivity index (χ0) is 18.0. The molecule has 2 aromatic carbocycles. The monoisotopic (exact) mass is 341 g/mol. The van der Waals surface area contributed by atoms with Gasteiger partial charge in [-0.2, -0.15) is 0 Å². The van der Waals surface area contributed by atoms with Gasteiger partial charge in [-0.25, -0.2) is 13.6 Å². The summed E-state index contributed by atoms with van der Waals surface area (Å²) in [5, 5.41) is 8.98. The molecule has 0 saturated carbocycles. The van der Waals surface area contributed by atoms with Crippen molar-refractivity contribution >= 4 is 5.97 Å². The largest absolute Gasteiger partial charge is 0.477 e. The van der Waals surface area contributed by atoms with Crippen LogP contribution in [-0.2, 0) is 0 Å². The Kier molecular flexibility index (Phi) is 4.43. The number of aromatic amines is 1. The highest BCUT2D eigenvalue weighted by atomic mass is 19.1. The highest BCUT2D eigenvalue weighted by molar-refractivity contribution is 5.87. The molecule has 0 aliphatic heterocycles. The number of carbonyl (C=O) groups is 1. The molecule has 0 saturated heterocycles. The predicted octanol–water partition coefficient (Wildman–Crippen LogP) is 3.53. The maximum Gasteiger partial charge on any atom is 0.341 e. The van der Waals surface area contributed by atoms with Crippen LogP contribution in [0.5, 0.6) is 0 Å². The first kappa shape index (κ1) is 16.6. The molecule has 0 aliphatic carbocycles. The third-order valence-electron chi connectivity index (χ3n) is 3.84. The number of H-pyrrole nitrogens is 1. The maximum absolute atomic E-state index is 13.7. The Morgan fingerprint density at radius 1 is 0.920 bits per heavy atom. The van der Waals surface area contributed by atoms with Crippen molar-refractivity contribution in [3.8, 4) is 0 Å². The van der Waals surface area contributed by atoms with Gasteiger partial charge in [0.05, 0.1) is 0 Å². The standard InChI is InChI=1S/C19H13F2NO3/c20-13-5-1-3-11(9-13)17(12-4-2-6-14(21)10-12)16-8-7-15(19(24)25)18(23)22-16/h1-10,17H,(H,22,23)(H,24,25). The van der Waals surface area contributed by atoms with Gasteiger partial charge in [0, 0.05) is 11.6 Å². The Morgan fingerprint density at radius 3 is 1.92 bits per heavy atom. The third kappa shape index (κ3) is 3.47. The number of pyridine rings is 1. The number of halogens is 2. The van der Waals surface area contributed by atoms with Gasteiger partial charge in [-0.1, -0.05) is 24.3 Å². The lowest BCUT2D eigenvalue weighted by Crippen LogP contribution is -2.20. The van der Waals surface area contributed by atoms with Crippen LogP contribution in [0.3, 0.4) is 0 Å². The van der Waals surface area contributed by atoms with Gasteiger partial charge in [0.1, 0.15) is 17.2 Å². The van der Waals surface area contributed by atoms with Crippen LogP contribution >= 0.6 is 0 Å². The van der Waals surface area contributed by atoms with E-state index in [9.17, 15) is 18.4 Å². The molecule has 3 aromatic rings. The van der Waals surface area contributed by atoms with Gasteiger partial charge in [0.2, 0.25) is 0 Å². The minimum atomic E-state index is -1.35. The van der Waals surface area contributed by atoms with E-state index in [-0.39, 0.29) is 0 Å². The molecule has 0 bridgehead atoms. The summed E-state index contributed by atoms with van der Waals surface area (Å²) in [6.45, 7) is 0. The minimum absolute atomic E-state index is 0.339. The Bertz CT molecular complexity index is 952. The van der Waals surface area contributed by atoms with Crippen molar-refractivity contribution < 1.29 is 18.7 Å². The van der Waals surface area contributed by atoms with E-state index in [4.69, 9.17) is 5.11 Å². The number of hydrogen-bond donors (Lipinski definition) is 2. The van der Waals surface area contributed by atoms with Crippen LogP contribution in [0, 0.1) is 11.6 Å². The van der Waals surface area contributed by atoms with E-state index in [2.05, 4.69) is 4.98 Å². The number of carboxylic acids is 1. The second-order valence-corrected chi connectivity index (χ2v) is 5.50. The predicted molar refractivity (Wildman–Crippen MR) is 87.8 cm³/mol. The SMILES string of the molecule is O=C(O)c1ccc(C(c2cccc(F)c2)c2cccc(F)c2)[nH]c1=O. The van der Waals surface area contributed by atoms with Crippen molar-refractivity contribution in [2.75, 3.05) is 0 Å². The Morgan fingerprint density at radius 2 is 1.48 bits per heavy atom. The number of aromatic carboxylic acids is 1. The number of nitrogens with one attached hydrogen (secondary N) is 1. The second-order valence-electron chi connectivity index (χ2n) is 5.50. The lowest BCUT2D eigenvalue weighted by Gasteiger charge is -2.18. The quantitative estimate of drug-likeness (QED) is 0.763. The lowest BCUT2D eigenvalue weighted by molar-refractivity contribution is 0.0695. The van der Waals surface area contributed by atoms with Crippen molar-refractivity contribution in [3.63, 3.8) is 0 Å². The first-order valence-electron chi connectivity index (χ1n) is 7.43. The zero-order valence-electron chi connectivity index (χ0n) is 12.9. The lowest BCUT2D eigenvalue weighted by atomic mass is 9.88. The fourth-order valence-corrected chi connectivity index (χ4v) is 2.75. The summed E-state index contributed by atoms with van der Waals surface area (Å²) < 4.78 is 27.3. The summed E-state index contributed by atoms with van der Waals surface area (Å²) in [7, 11) is 0. The van der Waals surface area contributed by atoms with Gasteiger partial charge in [-0.15, -0.1) is 0 Å². The first-order chi connectivity index (χ1) is 12.0. The fourth-order valence-electron chi connectivity index (χ4n) is 2.75. The molecule has 25 heavy (non-hydrogen) atoms.